The molecule has 0 aromatic carbocycles. The van der Waals surface area contributed by atoms with E-state index in [2.05, 4.69) is 0 Å². The van der Waals surface area contributed by atoms with Crippen LogP contribution < -0.4 is 51.4 Å². The predicted molar refractivity (Wildman–Crippen MR) is 30.4 cm³/mol. The van der Waals surface area contributed by atoms with Gasteiger partial charge in [-0.05, 0) is 0 Å². The van der Waals surface area contributed by atoms with Crippen LogP contribution in [0.25, 0.3) is 0 Å². The van der Waals surface area contributed by atoms with Crippen LogP contribution in [-0.2, 0) is 4.57 Å². The van der Waals surface area contributed by atoms with Gasteiger partial charge in [0.15, 0.2) is 0 Å². The Morgan fingerprint density at radius 1 is 0.750 bits per heavy atom. The Bertz CT molecular complexity index is 70.8. The molecule has 82 valence electrons. The fourth-order valence-electron chi connectivity index (χ4n) is 0. The van der Waals surface area contributed by atoms with Gasteiger partial charge in [-0.1, -0.05) is 0 Å². The average Bonchev–Trinajstić information content (AvgIpc) is 0.722. The maximum absolute atomic E-state index is 8.88. The molecule has 0 fully saturated rings. The van der Waals surface area contributed by atoms with E-state index in [9.17, 15) is 0 Å². The summed E-state index contributed by atoms with van der Waals surface area (Å²) in [7, 11) is -4.64. The smallest absolute Gasteiger partial charge is 1.00 e. The van der Waals surface area contributed by atoms with Gasteiger partial charge in [0.2, 0.25) is 0 Å². The molecule has 0 radical (unpaired) electrons. The first-order chi connectivity index (χ1) is 2.00. The molecule has 0 spiro atoms. The Morgan fingerprint density at radius 3 is 0.750 bits per heavy atom. The minimum Gasteiger partial charge on any atom is -1.00 e. The molecular weight excluding hydrogens is 248 g/mol. The van der Waals surface area contributed by atoms with Gasteiger partial charge in [0.1, 0.15) is 0 Å². The molecule has 0 atom stereocenters. The van der Waals surface area contributed by atoms with Crippen LogP contribution in [0.3, 0.4) is 0 Å². The largest absolute Gasteiger partial charge is 1.00 e. The second-order valence-corrected chi connectivity index (χ2v) is 1.54. The van der Waals surface area contributed by atoms with E-state index >= 15 is 0 Å². The van der Waals surface area contributed by atoms with Crippen molar-refractivity contribution in [1.29, 1.82) is 0 Å². The monoisotopic (exact) mass is 258 g/mol. The number of halogens is 6. The van der Waals surface area contributed by atoms with Gasteiger partial charge in [0.05, 0.1) is 0 Å². The molecule has 0 aliphatic carbocycles. The van der Waals surface area contributed by atoms with E-state index in [4.69, 9.17) is 19.2 Å². The topological polar surface area (TPSA) is 77.8 Å². The minimum absolute atomic E-state index is 0. The van der Waals surface area contributed by atoms with Gasteiger partial charge < -0.3 is 16.1 Å². The molecule has 3 N–H and O–H groups in total. The quantitative estimate of drug-likeness (QED) is 0.247. The Hall–Kier alpha value is 1.33. The van der Waals surface area contributed by atoms with Gasteiger partial charge in [-0.25, -0.2) is 4.57 Å². The Morgan fingerprint density at radius 2 is 0.750 bits per heavy atom. The number of hydrogen-bond acceptors (Lipinski definition) is 1. The van der Waals surface area contributed by atoms with Crippen LogP contribution in [0.1, 0.15) is 1.43 Å². The second kappa shape index (κ2) is 29.5. The number of hydrogen-bond donors (Lipinski definition) is 3. The van der Waals surface area contributed by atoms with Crippen LogP contribution in [0, 0.1) is 0 Å². The van der Waals surface area contributed by atoms with E-state index in [0.29, 0.717) is 0 Å². The zero-order chi connectivity index (χ0) is 4.50. The summed E-state index contributed by atoms with van der Waals surface area (Å²) < 4.78 is 8.88. The van der Waals surface area contributed by atoms with Gasteiger partial charge in [-0.15, -0.1) is 0 Å². The van der Waals surface area contributed by atoms with E-state index in [-0.39, 0.29) is 81.0 Å². The van der Waals surface area contributed by atoms with Crippen molar-refractivity contribution in [3.8, 4) is 0 Å². The first-order valence-corrected chi connectivity index (χ1v) is 2.35. The third-order valence-corrected chi connectivity index (χ3v) is 0. The van der Waals surface area contributed by atoms with E-state index in [1.165, 1.54) is 0 Å². The first kappa shape index (κ1) is 71.4. The summed E-state index contributed by atoms with van der Waals surface area (Å²) in [5.74, 6) is 0. The van der Waals surface area contributed by atoms with Crippen molar-refractivity contribution >= 4 is 7.82 Å². The zero-order valence-electron chi connectivity index (χ0n) is 6.65. The van der Waals surface area contributed by atoms with Gasteiger partial charge in [-0.3, -0.25) is 28.2 Å². The third kappa shape index (κ3) is 687. The summed E-state index contributed by atoms with van der Waals surface area (Å²) in [6.07, 6.45) is 0. The maximum Gasteiger partial charge on any atom is 1.00 e. The van der Waals surface area contributed by atoms with E-state index in [1.54, 1.807) is 0 Å². The normalized spacial score (nSPS) is 4.92. The van der Waals surface area contributed by atoms with Crippen molar-refractivity contribution in [1.82, 2.24) is 0 Å². The van der Waals surface area contributed by atoms with Gasteiger partial charge in [0.25, 0.3) is 0 Å². The van der Waals surface area contributed by atoms with Crippen molar-refractivity contribution in [2.24, 2.45) is 0 Å². The summed E-state index contributed by atoms with van der Waals surface area (Å²) in [5, 5.41) is 0. The molecule has 0 rings (SSSR count). The molecule has 4 nitrogen and oxygen atoms in total. The summed E-state index contributed by atoms with van der Waals surface area (Å²) in [5.41, 5.74) is 0. The third-order valence-electron chi connectivity index (χ3n) is 0. The molecule has 0 aromatic heterocycles. The fourth-order valence-corrected chi connectivity index (χ4v) is 0. The second-order valence-electron chi connectivity index (χ2n) is 0.513. The van der Waals surface area contributed by atoms with Crippen molar-refractivity contribution in [3.63, 3.8) is 0 Å². The van der Waals surface area contributed by atoms with E-state index in [1.807, 2.05) is 0 Å². The molecule has 0 saturated heterocycles. The van der Waals surface area contributed by atoms with Crippen LogP contribution in [0.4, 0.5) is 28.2 Å². The van der Waals surface area contributed by atoms with Crippen LogP contribution >= 0.6 is 7.82 Å². The number of phosphoric acid groups is 1. The maximum atomic E-state index is 8.88. The van der Waals surface area contributed by atoms with Crippen LogP contribution in [0.15, 0.2) is 0 Å². The summed E-state index contributed by atoms with van der Waals surface area (Å²) in [4.78, 5) is 21.6. The molecule has 0 heterocycles. The first-order valence-electron chi connectivity index (χ1n) is 0.783. The molecule has 0 aliphatic heterocycles. The summed E-state index contributed by atoms with van der Waals surface area (Å²) >= 11 is 0. The van der Waals surface area contributed by atoms with Gasteiger partial charge >= 0.3 is 59.2 Å². The molecule has 0 saturated carbocycles. The Labute approximate surface area is 107 Å². The van der Waals surface area contributed by atoms with Crippen LogP contribution in [0.2, 0.25) is 0 Å². The Balaban J connectivity index is -0.00000000286. The van der Waals surface area contributed by atoms with E-state index < -0.39 is 7.82 Å². The molecule has 0 amide bonds. The minimum atomic E-state index is -4.64. The van der Waals surface area contributed by atoms with Crippen molar-refractivity contribution < 1.29 is 100 Å². The van der Waals surface area contributed by atoms with Crippen LogP contribution in [0.5, 0.6) is 0 Å². The molecular formula is H10F6KO4P. The number of rotatable bonds is 0. The zero-order valence-corrected chi connectivity index (χ0v) is 9.66. The van der Waals surface area contributed by atoms with Gasteiger partial charge in [-0.2, -0.15) is 0 Å². The summed E-state index contributed by atoms with van der Waals surface area (Å²) in [6, 6.07) is 0. The van der Waals surface area contributed by atoms with Crippen molar-refractivity contribution in [2.45, 2.75) is 0 Å². The SMILES string of the molecule is F.F.F.F.F.F.O=P(O)(O)O.[H-].[K+]. The van der Waals surface area contributed by atoms with E-state index in [0.717, 1.165) is 0 Å². The fraction of sp³-hybridized carbons (Fsp3) is 0. The molecule has 0 unspecified atom stereocenters. The molecule has 12 heavy (non-hydrogen) atoms. The standard InChI is InChI=1S/6FH.K.H3O4P.H/c;;;;;;;1-5(2,3)4;/h6*1H;;(H3,1,2,3,4);/q;;;;;;+1;;-1. The van der Waals surface area contributed by atoms with Crippen LogP contribution in [-0.4, -0.2) is 14.7 Å². The Kier molecular flexibility index (Phi) is 175. The molecule has 0 bridgehead atoms. The van der Waals surface area contributed by atoms with Crippen molar-refractivity contribution in [3.05, 3.63) is 0 Å². The molecule has 0 aliphatic rings. The molecule has 12 heteroatoms. The molecule has 0 aromatic rings. The predicted octanol–water partition coefficient (Wildman–Crippen LogP) is -2.90. The van der Waals surface area contributed by atoms with Crippen molar-refractivity contribution in [2.75, 3.05) is 0 Å². The van der Waals surface area contributed by atoms with Gasteiger partial charge in [0, 0.05) is 0 Å². The summed E-state index contributed by atoms with van der Waals surface area (Å²) in [6.45, 7) is 0. The average molecular weight is 258 g/mol.